The van der Waals surface area contributed by atoms with Gasteiger partial charge in [0.1, 0.15) is 0 Å². The van der Waals surface area contributed by atoms with E-state index in [9.17, 15) is 9.59 Å². The van der Waals surface area contributed by atoms with Crippen LogP contribution in [0.5, 0.6) is 0 Å². The molecular weight excluding hydrogens is 848 g/mol. The molecule has 0 bridgehead atoms. The molecule has 4 aliphatic heterocycles. The topological polar surface area (TPSA) is 77.5 Å². The highest BCUT2D eigenvalue weighted by molar-refractivity contribution is 9.10. The van der Waals surface area contributed by atoms with Gasteiger partial charge in [0.05, 0.1) is 35.8 Å². The number of hydrogen-bond donors (Lipinski definition) is 0. The summed E-state index contributed by atoms with van der Waals surface area (Å²) in [6.45, 7) is 2.23. The molecule has 0 radical (unpaired) electrons. The summed E-state index contributed by atoms with van der Waals surface area (Å²) in [6, 6.07) is 21.6. The zero-order valence-electron chi connectivity index (χ0n) is 32.3. The molecule has 8 nitrogen and oxygen atoms in total. The van der Waals surface area contributed by atoms with Crippen molar-refractivity contribution in [1.82, 2.24) is 9.80 Å². The number of ether oxygens (including phenoxy) is 4. The van der Waals surface area contributed by atoms with Gasteiger partial charge in [-0.05, 0) is 142 Å². The number of carbonyl (C=O) groups is 2. The van der Waals surface area contributed by atoms with Gasteiger partial charge in [-0.2, -0.15) is 0 Å². The molecule has 0 atom stereocenters. The van der Waals surface area contributed by atoms with E-state index < -0.39 is 5.41 Å². The molecule has 9 rings (SSSR count). The van der Waals surface area contributed by atoms with Gasteiger partial charge in [0, 0.05) is 79.5 Å². The lowest BCUT2D eigenvalue weighted by Gasteiger charge is -2.33. The third-order valence-corrected chi connectivity index (χ3v) is 13.1. The predicted molar refractivity (Wildman–Crippen MR) is 230 cm³/mol. The fourth-order valence-electron chi connectivity index (χ4n) is 9.47. The summed E-state index contributed by atoms with van der Waals surface area (Å²) < 4.78 is 24.5. The van der Waals surface area contributed by atoms with Crippen LogP contribution in [0.2, 0.25) is 0 Å². The van der Waals surface area contributed by atoms with Crippen molar-refractivity contribution in [2.45, 2.75) is 31.1 Å². The Morgan fingerprint density at radius 3 is 1.60 bits per heavy atom. The molecule has 57 heavy (non-hydrogen) atoms. The van der Waals surface area contributed by atoms with Crippen molar-refractivity contribution in [2.24, 2.45) is 0 Å². The molecule has 4 aromatic carbocycles. The molecular formula is C47H42Br2N2O6. The van der Waals surface area contributed by atoms with E-state index in [4.69, 9.17) is 18.9 Å². The fraction of sp³-hybridized carbons (Fsp3) is 0.277. The zero-order chi connectivity index (χ0) is 39.6. The van der Waals surface area contributed by atoms with Crippen LogP contribution in [0.25, 0.3) is 45.8 Å². The summed E-state index contributed by atoms with van der Waals surface area (Å²) in [5.41, 5.74) is 14.5. The van der Waals surface area contributed by atoms with Gasteiger partial charge in [0.2, 0.25) is 0 Å². The quantitative estimate of drug-likeness (QED) is 0.133. The third-order valence-electron chi connectivity index (χ3n) is 12.1. The number of hydrogen-bond acceptors (Lipinski definition) is 6. The van der Waals surface area contributed by atoms with Gasteiger partial charge in [-0.25, -0.2) is 0 Å². The molecule has 0 fully saturated rings. The highest BCUT2D eigenvalue weighted by Crippen LogP contribution is 2.57. The predicted octanol–water partition coefficient (Wildman–Crippen LogP) is 9.37. The van der Waals surface area contributed by atoms with Crippen molar-refractivity contribution in [1.29, 1.82) is 0 Å². The van der Waals surface area contributed by atoms with Crippen LogP contribution in [-0.4, -0.2) is 76.5 Å². The Balaban J connectivity index is 1.23. The third kappa shape index (κ3) is 5.98. The van der Waals surface area contributed by atoms with Crippen LogP contribution in [0, 0.1) is 0 Å². The first-order valence-electron chi connectivity index (χ1n) is 19.2. The first kappa shape index (κ1) is 38.1. The second kappa shape index (κ2) is 15.1. The summed E-state index contributed by atoms with van der Waals surface area (Å²) in [6.07, 6.45) is 10.5. The fourth-order valence-corrected chi connectivity index (χ4v) is 10.2. The molecule has 2 amide bonds. The van der Waals surface area contributed by atoms with E-state index in [2.05, 4.69) is 92.5 Å². The Morgan fingerprint density at radius 2 is 1.02 bits per heavy atom. The summed E-state index contributed by atoms with van der Waals surface area (Å²) in [5, 5.41) is 0. The number of nitrogens with zero attached hydrogens (tertiary/aromatic N) is 2. The average molecular weight is 891 g/mol. The second-order valence-corrected chi connectivity index (χ2v) is 16.9. The molecule has 0 spiro atoms. The molecule has 10 heteroatoms. The van der Waals surface area contributed by atoms with E-state index >= 15 is 0 Å². The highest BCUT2D eigenvalue weighted by Gasteiger charge is 2.51. The Morgan fingerprint density at radius 1 is 0.526 bits per heavy atom. The molecule has 4 aromatic rings. The van der Waals surface area contributed by atoms with E-state index in [0.717, 1.165) is 78.3 Å². The van der Waals surface area contributed by atoms with Crippen LogP contribution < -0.4 is 0 Å². The number of methoxy groups -OCH3 is 4. The minimum atomic E-state index is -0.399. The first-order valence-corrected chi connectivity index (χ1v) is 20.8. The summed E-state index contributed by atoms with van der Waals surface area (Å²) in [7, 11) is 6.89. The standard InChI is InChI=1S/C47H42Br2N2O6/c1-54-17-11-29-21-31(48)5-7-33(29)35-22-27-9-15-50-43(36(27)23-30(35)12-18-55-2)41-42(46(50)53)44-37-26-40-38(24-28(37)10-16-51(44)45(41)52)34-8-6-32(49)25-39(34)47(40,13-19-56-3)14-20-57-4/h5-10,15-16,21-26H,11-14,17-20H2,1-4H3. The van der Waals surface area contributed by atoms with E-state index in [0.29, 0.717) is 55.4 Å². The number of fused-ring (bicyclic) bond motifs is 10. The van der Waals surface area contributed by atoms with Crippen molar-refractivity contribution in [3.05, 3.63) is 138 Å². The maximum absolute atomic E-state index is 14.7. The van der Waals surface area contributed by atoms with Gasteiger partial charge in [-0.15, -0.1) is 0 Å². The Kier molecular flexibility index (Phi) is 10.1. The van der Waals surface area contributed by atoms with Crippen molar-refractivity contribution < 1.29 is 28.5 Å². The van der Waals surface area contributed by atoms with Gasteiger partial charge >= 0.3 is 0 Å². The van der Waals surface area contributed by atoms with Crippen molar-refractivity contribution in [2.75, 3.05) is 54.9 Å². The van der Waals surface area contributed by atoms with Crippen molar-refractivity contribution >= 4 is 67.2 Å². The first-order chi connectivity index (χ1) is 27.7. The Bertz CT molecular complexity index is 2510. The van der Waals surface area contributed by atoms with E-state index in [-0.39, 0.29) is 11.8 Å². The summed E-state index contributed by atoms with van der Waals surface area (Å²) in [4.78, 5) is 32.8. The van der Waals surface area contributed by atoms with Crippen molar-refractivity contribution in [3.8, 4) is 22.3 Å². The number of carbonyl (C=O) groups excluding carboxylic acids is 2. The van der Waals surface area contributed by atoms with Crippen LogP contribution in [-0.2, 0) is 46.8 Å². The molecule has 290 valence electrons. The normalized spacial score (nSPS) is 16.6. The number of halogens is 2. The zero-order valence-corrected chi connectivity index (χ0v) is 35.5. The van der Waals surface area contributed by atoms with E-state index in [1.165, 1.54) is 16.7 Å². The monoisotopic (exact) mass is 888 g/mol. The molecule has 4 heterocycles. The molecule has 0 aromatic heterocycles. The molecule has 0 N–H and O–H groups in total. The van der Waals surface area contributed by atoms with Crippen molar-refractivity contribution in [3.63, 3.8) is 0 Å². The maximum atomic E-state index is 14.7. The lowest BCUT2D eigenvalue weighted by molar-refractivity contribution is -0.122. The van der Waals surface area contributed by atoms with Crippen LogP contribution in [0.3, 0.4) is 0 Å². The van der Waals surface area contributed by atoms with E-state index in [1.807, 2.05) is 24.6 Å². The Hall–Kier alpha value is -4.42. The lowest BCUT2D eigenvalue weighted by Crippen LogP contribution is -2.30. The summed E-state index contributed by atoms with van der Waals surface area (Å²) >= 11 is 7.40. The Labute approximate surface area is 349 Å². The van der Waals surface area contributed by atoms with Crippen LogP contribution in [0.4, 0.5) is 0 Å². The molecule has 0 saturated heterocycles. The van der Waals surface area contributed by atoms with E-state index in [1.54, 1.807) is 38.2 Å². The smallest absolute Gasteiger partial charge is 0.265 e. The largest absolute Gasteiger partial charge is 0.385 e. The number of benzene rings is 4. The molecule has 1 aliphatic carbocycles. The molecule has 0 unspecified atom stereocenters. The van der Waals surface area contributed by atoms with Gasteiger partial charge in [-0.1, -0.05) is 44.0 Å². The SMILES string of the molecule is COCCc1cc(Br)ccc1-c1cc2c(cc1CCOC)C1=C3C(=O)N4C=Cc5cc6c(cc5C4=C3C(=O)N1C=C2)C(CCOC)(CCOC)c1cc(Br)ccc1-6. The van der Waals surface area contributed by atoms with Gasteiger partial charge in [0.15, 0.2) is 0 Å². The van der Waals surface area contributed by atoms with Gasteiger partial charge in [-0.3, -0.25) is 19.4 Å². The minimum Gasteiger partial charge on any atom is -0.385 e. The van der Waals surface area contributed by atoms with Crippen LogP contribution in [0.15, 0.2) is 93.2 Å². The van der Waals surface area contributed by atoms with Crippen LogP contribution >= 0.6 is 31.9 Å². The molecule has 0 saturated carbocycles. The highest BCUT2D eigenvalue weighted by atomic mass is 79.9. The second-order valence-electron chi connectivity index (χ2n) is 15.1. The van der Waals surface area contributed by atoms with Gasteiger partial charge in [0.25, 0.3) is 11.8 Å². The lowest BCUT2D eigenvalue weighted by atomic mass is 9.72. The minimum absolute atomic E-state index is 0.205. The number of amides is 2. The summed E-state index contributed by atoms with van der Waals surface area (Å²) in [5.74, 6) is -0.409. The average Bonchev–Trinajstić information content (AvgIpc) is 3.79. The maximum Gasteiger partial charge on any atom is 0.265 e. The van der Waals surface area contributed by atoms with Gasteiger partial charge < -0.3 is 18.9 Å². The number of rotatable bonds is 13. The van der Waals surface area contributed by atoms with Crippen LogP contribution in [0.1, 0.15) is 57.3 Å². The molecule has 5 aliphatic rings.